The summed E-state index contributed by atoms with van der Waals surface area (Å²) in [6.45, 7) is 2.92. The average molecular weight is 290 g/mol. The van der Waals surface area contributed by atoms with Crippen LogP contribution in [0.4, 0.5) is 5.82 Å². The van der Waals surface area contributed by atoms with Gasteiger partial charge in [-0.2, -0.15) is 0 Å². The van der Waals surface area contributed by atoms with E-state index in [1.807, 2.05) is 0 Å². The van der Waals surface area contributed by atoms with Gasteiger partial charge in [0.25, 0.3) is 0 Å². The van der Waals surface area contributed by atoms with Crippen LogP contribution in [0, 0.1) is 0 Å². The Hall–Kier alpha value is -0.330. The van der Waals surface area contributed by atoms with Crippen molar-refractivity contribution in [3.63, 3.8) is 0 Å². The molecule has 82 valence electrons. The predicted octanol–water partition coefficient (Wildman–Crippen LogP) is 2.09. The second-order valence-electron chi connectivity index (χ2n) is 3.40. The first-order chi connectivity index (χ1) is 7.18. The minimum Gasteiger partial charge on any atom is -0.383 e. The molecule has 4 nitrogen and oxygen atoms in total. The first-order valence-corrected chi connectivity index (χ1v) is 6.40. The number of thioether (sulfide) groups is 1. The fraction of sp³-hybridized carbons (Fsp3) is 0.556. The van der Waals surface area contributed by atoms with Gasteiger partial charge in [0.15, 0.2) is 0 Å². The lowest BCUT2D eigenvalue weighted by molar-refractivity contribution is 0.127. The van der Waals surface area contributed by atoms with Gasteiger partial charge in [0.05, 0.1) is 10.6 Å². The van der Waals surface area contributed by atoms with E-state index in [9.17, 15) is 0 Å². The van der Waals surface area contributed by atoms with E-state index < -0.39 is 0 Å². The summed E-state index contributed by atoms with van der Waals surface area (Å²) in [5.41, 5.74) is 5.69. The number of aromatic nitrogens is 2. The Kier molecular flexibility index (Phi) is 3.48. The van der Waals surface area contributed by atoms with E-state index in [-0.39, 0.29) is 6.10 Å². The van der Waals surface area contributed by atoms with Gasteiger partial charge in [0, 0.05) is 11.9 Å². The maximum atomic E-state index is 5.69. The Labute approximate surface area is 101 Å². The molecule has 1 aliphatic heterocycles. The van der Waals surface area contributed by atoms with Crippen LogP contribution in [-0.4, -0.2) is 27.9 Å². The second-order valence-corrected chi connectivity index (χ2v) is 5.42. The van der Waals surface area contributed by atoms with Crippen molar-refractivity contribution >= 4 is 33.5 Å². The molecule has 2 heterocycles. The monoisotopic (exact) mass is 289 g/mol. The van der Waals surface area contributed by atoms with Crippen LogP contribution in [0.25, 0.3) is 0 Å². The number of nitrogen functional groups attached to an aromatic ring is 1. The zero-order valence-electron chi connectivity index (χ0n) is 8.31. The van der Waals surface area contributed by atoms with Gasteiger partial charge in [-0.25, -0.2) is 9.97 Å². The van der Waals surface area contributed by atoms with Crippen LogP contribution in [0.5, 0.6) is 0 Å². The zero-order valence-corrected chi connectivity index (χ0v) is 10.7. The van der Waals surface area contributed by atoms with Gasteiger partial charge in [0.1, 0.15) is 17.2 Å². The molecule has 1 aliphatic rings. The Morgan fingerprint density at radius 3 is 3.07 bits per heavy atom. The normalized spacial score (nSPS) is 25.7. The van der Waals surface area contributed by atoms with E-state index in [4.69, 9.17) is 10.5 Å². The highest BCUT2D eigenvalue weighted by atomic mass is 79.9. The quantitative estimate of drug-likeness (QED) is 0.845. The number of hydrogen-bond donors (Lipinski definition) is 1. The lowest BCUT2D eigenvalue weighted by Gasteiger charge is -2.13. The molecule has 0 radical (unpaired) electrons. The molecule has 0 bridgehead atoms. The molecule has 1 saturated heterocycles. The Morgan fingerprint density at radius 1 is 1.60 bits per heavy atom. The minimum atomic E-state index is 0.276. The lowest BCUT2D eigenvalue weighted by Crippen LogP contribution is -2.13. The first kappa shape index (κ1) is 11.2. The molecule has 0 aliphatic carbocycles. The Morgan fingerprint density at radius 2 is 2.40 bits per heavy atom. The molecule has 0 saturated carbocycles. The van der Waals surface area contributed by atoms with Crippen LogP contribution in [0.1, 0.15) is 13.3 Å². The molecule has 2 N–H and O–H groups in total. The summed E-state index contributed by atoms with van der Waals surface area (Å²) in [6, 6.07) is 0. The first-order valence-electron chi connectivity index (χ1n) is 4.72. The number of ether oxygens (including phenoxy) is 1. The summed E-state index contributed by atoms with van der Waals surface area (Å²) in [4.78, 5) is 8.11. The number of anilines is 1. The molecule has 6 heteroatoms. The van der Waals surface area contributed by atoms with Crippen LogP contribution in [0.2, 0.25) is 0 Å². The molecule has 0 amide bonds. The third kappa shape index (κ3) is 2.43. The highest BCUT2D eigenvalue weighted by molar-refractivity contribution is 9.10. The second kappa shape index (κ2) is 4.67. The van der Waals surface area contributed by atoms with Crippen molar-refractivity contribution in [2.45, 2.75) is 29.7 Å². The molecule has 1 aromatic rings. The fourth-order valence-corrected chi connectivity index (χ4v) is 3.03. The standard InChI is InChI=1S/C9H12BrN3OS/c1-5-6(2-3-14-5)15-9-7(10)8(11)12-4-13-9/h4-6H,2-3H2,1H3,(H2,11,12,13). The van der Waals surface area contributed by atoms with Crippen molar-refractivity contribution in [1.82, 2.24) is 9.97 Å². The van der Waals surface area contributed by atoms with Crippen molar-refractivity contribution in [3.8, 4) is 0 Å². The average Bonchev–Trinajstić information content (AvgIpc) is 2.60. The Bertz CT molecular complexity index is 363. The number of rotatable bonds is 2. The summed E-state index contributed by atoms with van der Waals surface area (Å²) in [5.74, 6) is 0.485. The van der Waals surface area contributed by atoms with Crippen LogP contribution in [0.3, 0.4) is 0 Å². The van der Waals surface area contributed by atoms with Crippen molar-refractivity contribution < 1.29 is 4.74 Å². The lowest BCUT2D eigenvalue weighted by atomic mass is 10.3. The van der Waals surface area contributed by atoms with E-state index in [1.165, 1.54) is 6.33 Å². The minimum absolute atomic E-state index is 0.276. The highest BCUT2D eigenvalue weighted by Gasteiger charge is 2.26. The van der Waals surface area contributed by atoms with Crippen LogP contribution in [0.15, 0.2) is 15.8 Å². The molecule has 15 heavy (non-hydrogen) atoms. The number of hydrogen-bond acceptors (Lipinski definition) is 5. The Balaban J connectivity index is 2.13. The number of nitrogens with two attached hydrogens (primary N) is 1. The maximum absolute atomic E-state index is 5.69. The van der Waals surface area contributed by atoms with Crippen LogP contribution < -0.4 is 5.73 Å². The molecule has 1 aromatic heterocycles. The van der Waals surface area contributed by atoms with Gasteiger partial charge in [-0.1, -0.05) is 11.8 Å². The van der Waals surface area contributed by atoms with Gasteiger partial charge in [-0.05, 0) is 29.3 Å². The van der Waals surface area contributed by atoms with Gasteiger partial charge in [-0.15, -0.1) is 0 Å². The highest BCUT2D eigenvalue weighted by Crippen LogP contribution is 2.36. The summed E-state index contributed by atoms with van der Waals surface area (Å²) < 4.78 is 6.28. The number of nitrogens with zero attached hydrogens (tertiary/aromatic N) is 2. The smallest absolute Gasteiger partial charge is 0.142 e. The fourth-order valence-electron chi connectivity index (χ4n) is 1.46. The largest absolute Gasteiger partial charge is 0.383 e. The van der Waals surface area contributed by atoms with E-state index in [0.717, 1.165) is 22.5 Å². The van der Waals surface area contributed by atoms with Crippen molar-refractivity contribution in [3.05, 3.63) is 10.8 Å². The van der Waals surface area contributed by atoms with Crippen molar-refractivity contribution in [1.29, 1.82) is 0 Å². The van der Waals surface area contributed by atoms with E-state index in [2.05, 4.69) is 32.8 Å². The zero-order chi connectivity index (χ0) is 10.8. The molecule has 2 atom stereocenters. The van der Waals surface area contributed by atoms with Gasteiger partial charge in [0.2, 0.25) is 0 Å². The van der Waals surface area contributed by atoms with E-state index in [0.29, 0.717) is 11.1 Å². The molecule has 0 aromatic carbocycles. The van der Waals surface area contributed by atoms with Gasteiger partial charge in [-0.3, -0.25) is 0 Å². The molecule has 2 rings (SSSR count). The molecular formula is C9H12BrN3OS. The summed E-state index contributed by atoms with van der Waals surface area (Å²) in [5, 5.41) is 1.35. The molecule has 1 fully saturated rings. The maximum Gasteiger partial charge on any atom is 0.142 e. The molecule has 2 unspecified atom stereocenters. The third-order valence-corrected chi connectivity index (χ3v) is 4.85. The van der Waals surface area contributed by atoms with Crippen molar-refractivity contribution in [2.24, 2.45) is 0 Å². The van der Waals surface area contributed by atoms with Crippen LogP contribution in [-0.2, 0) is 4.74 Å². The summed E-state index contributed by atoms with van der Waals surface area (Å²) >= 11 is 5.09. The topological polar surface area (TPSA) is 61.0 Å². The third-order valence-electron chi connectivity index (χ3n) is 2.35. The number of halogens is 1. The summed E-state index contributed by atoms with van der Waals surface area (Å²) in [7, 11) is 0. The summed E-state index contributed by atoms with van der Waals surface area (Å²) in [6.07, 6.45) is 2.82. The van der Waals surface area contributed by atoms with Gasteiger partial charge < -0.3 is 10.5 Å². The SMILES string of the molecule is CC1OCCC1Sc1ncnc(N)c1Br. The molecular weight excluding hydrogens is 278 g/mol. The predicted molar refractivity (Wildman–Crippen MR) is 63.8 cm³/mol. The molecule has 0 spiro atoms. The van der Waals surface area contributed by atoms with E-state index in [1.54, 1.807) is 11.8 Å². The van der Waals surface area contributed by atoms with E-state index >= 15 is 0 Å². The van der Waals surface area contributed by atoms with Gasteiger partial charge >= 0.3 is 0 Å². The van der Waals surface area contributed by atoms with Crippen LogP contribution >= 0.6 is 27.7 Å². The van der Waals surface area contributed by atoms with Crippen molar-refractivity contribution in [2.75, 3.05) is 12.3 Å².